The van der Waals surface area contributed by atoms with Crippen molar-refractivity contribution >= 4 is 5.97 Å². The number of carbonyl (C=O) groups is 1. The second-order valence-electron chi connectivity index (χ2n) is 3.48. The predicted octanol–water partition coefficient (Wildman–Crippen LogP) is 1.26. The average Bonchev–Trinajstić information content (AvgIpc) is 2.29. The first kappa shape index (κ1) is 10.1. The zero-order valence-electron chi connectivity index (χ0n) is 8.47. The third kappa shape index (κ3) is 1.72. The Morgan fingerprint density at radius 2 is 2.33 bits per heavy atom. The molecule has 80 valence electrons. The molecule has 0 aliphatic carbocycles. The predicted molar refractivity (Wildman–Crippen MR) is 53.2 cm³/mol. The van der Waals surface area contributed by atoms with E-state index in [2.05, 4.69) is 10.1 Å². The van der Waals surface area contributed by atoms with Crippen molar-refractivity contribution in [1.82, 2.24) is 5.32 Å². The summed E-state index contributed by atoms with van der Waals surface area (Å²) in [6.07, 6.45) is 0.799. The molecule has 0 bridgehead atoms. The van der Waals surface area contributed by atoms with Gasteiger partial charge in [0.25, 0.3) is 0 Å². The molecule has 0 amide bonds. The fraction of sp³-hybridized carbons (Fsp3) is 0.364. The maximum absolute atomic E-state index is 13.9. The molecular weight excluding hydrogens is 197 g/mol. The number of rotatable bonds is 1. The van der Waals surface area contributed by atoms with Crippen LogP contribution in [0.25, 0.3) is 0 Å². The van der Waals surface area contributed by atoms with Gasteiger partial charge in [-0.1, -0.05) is 6.07 Å². The van der Waals surface area contributed by atoms with E-state index in [-0.39, 0.29) is 5.56 Å². The van der Waals surface area contributed by atoms with Crippen LogP contribution in [-0.2, 0) is 17.7 Å². The standard InChI is InChI=1S/C11H12FNO2/c1-15-11(14)8-3-2-7-4-5-13-6-9(7)10(8)12/h2-3,13H,4-6H2,1H3. The smallest absolute Gasteiger partial charge is 0.340 e. The largest absolute Gasteiger partial charge is 0.465 e. The van der Waals surface area contributed by atoms with Crippen LogP contribution in [-0.4, -0.2) is 19.6 Å². The van der Waals surface area contributed by atoms with Crippen molar-refractivity contribution in [3.8, 4) is 0 Å². The SMILES string of the molecule is COC(=O)c1ccc2c(c1F)CNCC2. The number of esters is 1. The Kier molecular flexibility index (Phi) is 2.68. The minimum atomic E-state index is -0.624. The molecule has 0 unspecified atom stereocenters. The number of nitrogens with one attached hydrogen (secondary N) is 1. The Morgan fingerprint density at radius 1 is 1.53 bits per heavy atom. The summed E-state index contributed by atoms with van der Waals surface area (Å²) in [4.78, 5) is 11.2. The van der Waals surface area contributed by atoms with Gasteiger partial charge >= 0.3 is 5.97 Å². The normalized spacial score (nSPS) is 14.5. The summed E-state index contributed by atoms with van der Waals surface area (Å²) in [5, 5.41) is 3.07. The second-order valence-corrected chi connectivity index (χ2v) is 3.48. The van der Waals surface area contributed by atoms with Crippen molar-refractivity contribution in [2.24, 2.45) is 0 Å². The van der Waals surface area contributed by atoms with Gasteiger partial charge in [-0.05, 0) is 24.6 Å². The number of halogens is 1. The van der Waals surface area contributed by atoms with Gasteiger partial charge in [0.2, 0.25) is 0 Å². The molecule has 0 saturated carbocycles. The minimum absolute atomic E-state index is 0.0138. The van der Waals surface area contributed by atoms with E-state index in [1.807, 2.05) is 0 Å². The van der Waals surface area contributed by atoms with Crippen molar-refractivity contribution in [2.45, 2.75) is 13.0 Å². The highest BCUT2D eigenvalue weighted by atomic mass is 19.1. The van der Waals surface area contributed by atoms with E-state index in [0.717, 1.165) is 18.5 Å². The van der Waals surface area contributed by atoms with Gasteiger partial charge in [-0.2, -0.15) is 0 Å². The molecule has 1 N–H and O–H groups in total. The van der Waals surface area contributed by atoms with Crippen LogP contribution in [0.4, 0.5) is 4.39 Å². The molecule has 1 heterocycles. The van der Waals surface area contributed by atoms with E-state index in [1.165, 1.54) is 13.2 Å². The third-order valence-corrected chi connectivity index (χ3v) is 2.62. The van der Waals surface area contributed by atoms with E-state index in [4.69, 9.17) is 0 Å². The molecule has 4 heteroatoms. The Balaban J connectivity index is 2.47. The molecule has 0 atom stereocenters. The number of hydrogen-bond acceptors (Lipinski definition) is 3. The molecule has 2 rings (SSSR count). The number of fused-ring (bicyclic) bond motifs is 1. The Hall–Kier alpha value is -1.42. The summed E-state index contributed by atoms with van der Waals surface area (Å²) in [5.41, 5.74) is 1.57. The van der Waals surface area contributed by atoms with Crippen molar-refractivity contribution in [2.75, 3.05) is 13.7 Å². The molecular formula is C11H12FNO2. The van der Waals surface area contributed by atoms with Gasteiger partial charge in [0.1, 0.15) is 5.82 Å². The molecule has 0 fully saturated rings. The van der Waals surface area contributed by atoms with E-state index in [9.17, 15) is 9.18 Å². The van der Waals surface area contributed by atoms with Crippen LogP contribution in [0.1, 0.15) is 21.5 Å². The highest BCUT2D eigenvalue weighted by molar-refractivity contribution is 5.90. The molecule has 1 aromatic carbocycles. The third-order valence-electron chi connectivity index (χ3n) is 2.62. The highest BCUT2D eigenvalue weighted by Crippen LogP contribution is 2.21. The number of ether oxygens (including phenoxy) is 1. The van der Waals surface area contributed by atoms with Crippen LogP contribution in [0.15, 0.2) is 12.1 Å². The summed E-state index contributed by atoms with van der Waals surface area (Å²) < 4.78 is 18.4. The van der Waals surface area contributed by atoms with Gasteiger partial charge in [-0.25, -0.2) is 9.18 Å². The highest BCUT2D eigenvalue weighted by Gasteiger charge is 2.20. The van der Waals surface area contributed by atoms with Crippen LogP contribution in [0.5, 0.6) is 0 Å². The van der Waals surface area contributed by atoms with Crippen molar-refractivity contribution in [3.05, 3.63) is 34.6 Å². The van der Waals surface area contributed by atoms with E-state index in [0.29, 0.717) is 12.1 Å². The van der Waals surface area contributed by atoms with Crippen LogP contribution in [0.2, 0.25) is 0 Å². The van der Waals surface area contributed by atoms with Crippen molar-refractivity contribution < 1.29 is 13.9 Å². The molecule has 1 aliphatic rings. The summed E-state index contributed by atoms with van der Waals surface area (Å²) in [7, 11) is 1.25. The summed E-state index contributed by atoms with van der Waals surface area (Å²) in [5.74, 6) is -1.08. The van der Waals surface area contributed by atoms with E-state index in [1.54, 1.807) is 6.07 Å². The van der Waals surface area contributed by atoms with Crippen molar-refractivity contribution in [1.29, 1.82) is 0 Å². The molecule has 0 saturated heterocycles. The fourth-order valence-electron chi connectivity index (χ4n) is 1.79. The van der Waals surface area contributed by atoms with E-state index >= 15 is 0 Å². The summed E-state index contributed by atoms with van der Waals surface area (Å²) >= 11 is 0. The van der Waals surface area contributed by atoms with Gasteiger partial charge < -0.3 is 10.1 Å². The zero-order chi connectivity index (χ0) is 10.8. The lowest BCUT2D eigenvalue weighted by Crippen LogP contribution is -2.25. The summed E-state index contributed by atoms with van der Waals surface area (Å²) in [6, 6.07) is 3.29. The monoisotopic (exact) mass is 209 g/mol. The topological polar surface area (TPSA) is 38.3 Å². The first-order valence-electron chi connectivity index (χ1n) is 4.83. The molecule has 15 heavy (non-hydrogen) atoms. The molecule has 1 aliphatic heterocycles. The van der Waals surface area contributed by atoms with Crippen LogP contribution in [0, 0.1) is 5.82 Å². The number of methoxy groups -OCH3 is 1. The molecule has 0 spiro atoms. The lowest BCUT2D eigenvalue weighted by atomic mass is 9.98. The quantitative estimate of drug-likeness (QED) is 0.707. The first-order chi connectivity index (χ1) is 7.24. The maximum Gasteiger partial charge on any atom is 0.340 e. The van der Waals surface area contributed by atoms with Gasteiger partial charge in [-0.3, -0.25) is 0 Å². The first-order valence-corrected chi connectivity index (χ1v) is 4.83. The number of benzene rings is 1. The lowest BCUT2D eigenvalue weighted by molar-refractivity contribution is 0.0595. The molecule has 3 nitrogen and oxygen atoms in total. The minimum Gasteiger partial charge on any atom is -0.465 e. The second kappa shape index (κ2) is 3.98. The van der Waals surface area contributed by atoms with Gasteiger partial charge in [0.05, 0.1) is 12.7 Å². The number of carbonyl (C=O) groups excluding carboxylic acids is 1. The Morgan fingerprint density at radius 3 is 3.07 bits per heavy atom. The van der Waals surface area contributed by atoms with Crippen LogP contribution < -0.4 is 5.32 Å². The zero-order valence-corrected chi connectivity index (χ0v) is 8.47. The molecule has 1 aromatic rings. The fourth-order valence-corrected chi connectivity index (χ4v) is 1.79. The van der Waals surface area contributed by atoms with E-state index < -0.39 is 11.8 Å². The van der Waals surface area contributed by atoms with Crippen LogP contribution >= 0.6 is 0 Å². The Bertz CT molecular complexity index is 404. The average molecular weight is 209 g/mol. The lowest BCUT2D eigenvalue weighted by Gasteiger charge is -2.18. The van der Waals surface area contributed by atoms with Gasteiger partial charge in [0.15, 0.2) is 0 Å². The van der Waals surface area contributed by atoms with Gasteiger partial charge in [0, 0.05) is 12.1 Å². The summed E-state index contributed by atoms with van der Waals surface area (Å²) in [6.45, 7) is 1.33. The van der Waals surface area contributed by atoms with Gasteiger partial charge in [-0.15, -0.1) is 0 Å². The van der Waals surface area contributed by atoms with Crippen LogP contribution in [0.3, 0.4) is 0 Å². The van der Waals surface area contributed by atoms with Crippen molar-refractivity contribution in [3.63, 3.8) is 0 Å². The maximum atomic E-state index is 13.9. The Labute approximate surface area is 87.2 Å². The molecule has 0 aromatic heterocycles. The molecule has 0 radical (unpaired) electrons. The number of hydrogen-bond donors (Lipinski definition) is 1.